The van der Waals surface area contributed by atoms with E-state index in [2.05, 4.69) is 0 Å². The summed E-state index contributed by atoms with van der Waals surface area (Å²) in [7, 11) is 0. The second-order valence-electron chi connectivity index (χ2n) is 3.27. The van der Waals surface area contributed by atoms with Crippen molar-refractivity contribution >= 4 is 11.6 Å². The average molecular weight is 206 g/mol. The van der Waals surface area contributed by atoms with Gasteiger partial charge in [0.15, 0.2) is 17.7 Å². The van der Waals surface area contributed by atoms with Crippen LogP contribution >= 0.6 is 0 Å². The number of benzene rings is 1. The highest BCUT2D eigenvalue weighted by atomic mass is 16.5. The van der Waals surface area contributed by atoms with Crippen LogP contribution in [0.2, 0.25) is 0 Å². The SMILES string of the molecule is CCOc1ccc2c(c1)C(=O)C(O)C2=O. The fourth-order valence-electron chi connectivity index (χ4n) is 1.61. The van der Waals surface area contributed by atoms with E-state index in [0.717, 1.165) is 0 Å². The largest absolute Gasteiger partial charge is 0.494 e. The zero-order valence-electron chi connectivity index (χ0n) is 8.19. The van der Waals surface area contributed by atoms with Crippen LogP contribution in [0.4, 0.5) is 0 Å². The van der Waals surface area contributed by atoms with E-state index in [0.29, 0.717) is 12.4 Å². The number of carbonyl (C=O) groups excluding carboxylic acids is 2. The van der Waals surface area contributed by atoms with Crippen LogP contribution in [0.5, 0.6) is 5.75 Å². The van der Waals surface area contributed by atoms with Crippen molar-refractivity contribution in [2.24, 2.45) is 0 Å². The Morgan fingerprint density at radius 3 is 2.60 bits per heavy atom. The number of rotatable bonds is 2. The molecule has 0 fully saturated rings. The molecule has 1 aliphatic carbocycles. The number of fused-ring (bicyclic) bond motifs is 1. The molecule has 1 N–H and O–H groups in total. The lowest BCUT2D eigenvalue weighted by atomic mass is 10.1. The van der Waals surface area contributed by atoms with Crippen molar-refractivity contribution in [3.8, 4) is 5.75 Å². The maximum absolute atomic E-state index is 11.4. The fourth-order valence-corrected chi connectivity index (χ4v) is 1.61. The Balaban J connectivity index is 2.47. The smallest absolute Gasteiger partial charge is 0.200 e. The highest BCUT2D eigenvalue weighted by Gasteiger charge is 2.37. The highest BCUT2D eigenvalue weighted by Crippen LogP contribution is 2.26. The van der Waals surface area contributed by atoms with E-state index in [1.807, 2.05) is 6.92 Å². The second kappa shape index (κ2) is 3.47. The number of carbonyl (C=O) groups is 2. The van der Waals surface area contributed by atoms with E-state index in [1.165, 1.54) is 12.1 Å². The van der Waals surface area contributed by atoms with Crippen LogP contribution in [0.3, 0.4) is 0 Å². The van der Waals surface area contributed by atoms with Crippen LogP contribution in [-0.4, -0.2) is 29.4 Å². The summed E-state index contributed by atoms with van der Waals surface area (Å²) in [6.45, 7) is 2.32. The van der Waals surface area contributed by atoms with Crippen LogP contribution in [0.15, 0.2) is 18.2 Å². The maximum atomic E-state index is 11.4. The number of aliphatic hydroxyl groups is 1. The van der Waals surface area contributed by atoms with E-state index in [1.54, 1.807) is 6.07 Å². The van der Waals surface area contributed by atoms with E-state index < -0.39 is 17.7 Å². The Hall–Kier alpha value is -1.68. The first kappa shape index (κ1) is 9.86. The van der Waals surface area contributed by atoms with E-state index >= 15 is 0 Å². The van der Waals surface area contributed by atoms with Gasteiger partial charge in [0.25, 0.3) is 0 Å². The molecule has 0 saturated heterocycles. The minimum Gasteiger partial charge on any atom is -0.494 e. The molecule has 0 amide bonds. The molecule has 4 nitrogen and oxygen atoms in total. The molecule has 1 aromatic carbocycles. The van der Waals surface area contributed by atoms with Gasteiger partial charge in [-0.1, -0.05) is 0 Å². The zero-order chi connectivity index (χ0) is 11.0. The van der Waals surface area contributed by atoms with Crippen LogP contribution in [-0.2, 0) is 0 Å². The summed E-state index contributed by atoms with van der Waals surface area (Å²) in [5, 5.41) is 9.27. The first-order chi connectivity index (χ1) is 7.15. The molecule has 0 bridgehead atoms. The minimum absolute atomic E-state index is 0.249. The Labute approximate surface area is 86.5 Å². The molecule has 78 valence electrons. The summed E-state index contributed by atoms with van der Waals surface area (Å²) >= 11 is 0. The Kier molecular flexibility index (Phi) is 2.28. The molecule has 1 aliphatic rings. The maximum Gasteiger partial charge on any atom is 0.200 e. The monoisotopic (exact) mass is 206 g/mol. The first-order valence-corrected chi connectivity index (χ1v) is 4.68. The van der Waals surface area contributed by atoms with Gasteiger partial charge >= 0.3 is 0 Å². The van der Waals surface area contributed by atoms with Gasteiger partial charge in [-0.25, -0.2) is 0 Å². The van der Waals surface area contributed by atoms with Gasteiger partial charge in [0.2, 0.25) is 0 Å². The number of hydrogen-bond acceptors (Lipinski definition) is 4. The molecule has 2 rings (SSSR count). The van der Waals surface area contributed by atoms with Gasteiger partial charge in [-0.3, -0.25) is 9.59 Å². The quantitative estimate of drug-likeness (QED) is 0.728. The van der Waals surface area contributed by atoms with Crippen LogP contribution in [0, 0.1) is 0 Å². The number of aliphatic hydroxyl groups excluding tert-OH is 1. The van der Waals surface area contributed by atoms with Gasteiger partial charge in [-0.05, 0) is 25.1 Å². The normalized spacial score (nSPS) is 19.2. The average Bonchev–Trinajstić information content (AvgIpc) is 2.45. The molecule has 1 atom stereocenters. The van der Waals surface area contributed by atoms with E-state index in [4.69, 9.17) is 4.74 Å². The summed E-state index contributed by atoms with van der Waals surface area (Å²) in [5.41, 5.74) is 0.523. The predicted octanol–water partition coefficient (Wildman–Crippen LogP) is 0.825. The van der Waals surface area contributed by atoms with Gasteiger partial charge in [-0.15, -0.1) is 0 Å². The third-order valence-electron chi connectivity index (χ3n) is 2.33. The summed E-state index contributed by atoms with van der Waals surface area (Å²) in [5.74, 6) is -0.541. The molecule has 0 saturated carbocycles. The molecule has 1 unspecified atom stereocenters. The minimum atomic E-state index is -1.53. The molecule has 4 heteroatoms. The highest BCUT2D eigenvalue weighted by molar-refractivity contribution is 6.28. The summed E-state index contributed by atoms with van der Waals surface area (Å²) in [6, 6.07) is 4.62. The molecule has 0 heterocycles. The lowest BCUT2D eigenvalue weighted by Crippen LogP contribution is -2.20. The second-order valence-corrected chi connectivity index (χ2v) is 3.27. The zero-order valence-corrected chi connectivity index (χ0v) is 8.19. The lowest BCUT2D eigenvalue weighted by molar-refractivity contribution is 0.0663. The summed E-state index contributed by atoms with van der Waals surface area (Å²) < 4.78 is 5.20. The third kappa shape index (κ3) is 1.43. The summed E-state index contributed by atoms with van der Waals surface area (Å²) in [6.07, 6.45) is -1.53. The van der Waals surface area contributed by atoms with Crippen molar-refractivity contribution < 1.29 is 19.4 Å². The first-order valence-electron chi connectivity index (χ1n) is 4.68. The van der Waals surface area contributed by atoms with Crippen LogP contribution in [0.25, 0.3) is 0 Å². The van der Waals surface area contributed by atoms with Crippen LogP contribution in [0.1, 0.15) is 27.6 Å². The van der Waals surface area contributed by atoms with Crippen molar-refractivity contribution in [2.45, 2.75) is 13.0 Å². The molecular weight excluding hydrogens is 196 g/mol. The van der Waals surface area contributed by atoms with Gasteiger partial charge in [0.05, 0.1) is 6.61 Å². The van der Waals surface area contributed by atoms with Crippen molar-refractivity contribution in [1.29, 1.82) is 0 Å². The van der Waals surface area contributed by atoms with Crippen LogP contribution < -0.4 is 4.74 Å². The van der Waals surface area contributed by atoms with Crippen molar-refractivity contribution in [3.63, 3.8) is 0 Å². The molecule has 15 heavy (non-hydrogen) atoms. The third-order valence-corrected chi connectivity index (χ3v) is 2.33. The molecule has 0 radical (unpaired) electrons. The topological polar surface area (TPSA) is 63.6 Å². The number of Topliss-reactive ketones (excluding diaryl/α,β-unsaturated/α-hetero) is 2. The lowest BCUT2D eigenvalue weighted by Gasteiger charge is -2.03. The molecule has 0 aliphatic heterocycles. The Morgan fingerprint density at radius 2 is 1.93 bits per heavy atom. The molecular formula is C11H10O4. The van der Waals surface area contributed by atoms with E-state index in [-0.39, 0.29) is 11.1 Å². The Morgan fingerprint density at radius 1 is 1.27 bits per heavy atom. The van der Waals surface area contributed by atoms with Crippen molar-refractivity contribution in [1.82, 2.24) is 0 Å². The number of ether oxygens (including phenoxy) is 1. The standard InChI is InChI=1S/C11H10O4/c1-2-15-6-3-4-7-8(5-6)10(13)11(14)9(7)12/h3-5,11,14H,2H2,1H3. The molecule has 0 aromatic heterocycles. The van der Waals surface area contributed by atoms with Crippen molar-refractivity contribution in [2.75, 3.05) is 6.61 Å². The van der Waals surface area contributed by atoms with Gasteiger partial charge in [0.1, 0.15) is 5.75 Å². The molecule has 0 spiro atoms. The number of hydrogen-bond donors (Lipinski definition) is 1. The Bertz CT molecular complexity index is 436. The molecule has 1 aromatic rings. The fraction of sp³-hybridized carbons (Fsp3) is 0.273. The van der Waals surface area contributed by atoms with Gasteiger partial charge in [0, 0.05) is 11.1 Å². The van der Waals surface area contributed by atoms with Gasteiger partial charge < -0.3 is 9.84 Å². The van der Waals surface area contributed by atoms with E-state index in [9.17, 15) is 14.7 Å². The van der Waals surface area contributed by atoms with Gasteiger partial charge in [-0.2, -0.15) is 0 Å². The number of ketones is 2. The predicted molar refractivity (Wildman–Crippen MR) is 52.3 cm³/mol. The summed E-state index contributed by atoms with van der Waals surface area (Å²) in [4.78, 5) is 22.8. The van der Waals surface area contributed by atoms with Crippen molar-refractivity contribution in [3.05, 3.63) is 29.3 Å².